The molecule has 19 heavy (non-hydrogen) atoms. The first-order valence-corrected chi connectivity index (χ1v) is 8.10. The predicted octanol–water partition coefficient (Wildman–Crippen LogP) is 3.80. The molecular formula is C14H16N2OS2. The number of hydrogen-bond donors (Lipinski definition) is 0. The van der Waals surface area contributed by atoms with Crippen molar-refractivity contribution in [3.8, 4) is 10.6 Å². The Kier molecular flexibility index (Phi) is 3.06. The zero-order valence-corrected chi connectivity index (χ0v) is 13.0. The van der Waals surface area contributed by atoms with E-state index < -0.39 is 0 Å². The SMILES string of the molecule is Cc1nc(C)c(-c2csc(CC(=O)C3(C)CC3)n2)s1. The van der Waals surface area contributed by atoms with Gasteiger partial charge in [0.05, 0.1) is 27.7 Å². The van der Waals surface area contributed by atoms with E-state index in [1.54, 1.807) is 22.7 Å². The van der Waals surface area contributed by atoms with Crippen molar-refractivity contribution in [1.82, 2.24) is 9.97 Å². The molecule has 0 radical (unpaired) electrons. The van der Waals surface area contributed by atoms with Crippen LogP contribution in [0.25, 0.3) is 10.6 Å². The van der Waals surface area contributed by atoms with Crippen molar-refractivity contribution < 1.29 is 4.79 Å². The van der Waals surface area contributed by atoms with Gasteiger partial charge in [-0.05, 0) is 26.7 Å². The lowest BCUT2D eigenvalue weighted by molar-refractivity contribution is -0.122. The number of aryl methyl sites for hydroxylation is 2. The Morgan fingerprint density at radius 2 is 2.11 bits per heavy atom. The summed E-state index contributed by atoms with van der Waals surface area (Å²) in [5, 5.41) is 4.03. The van der Waals surface area contributed by atoms with Crippen molar-refractivity contribution in [2.24, 2.45) is 5.41 Å². The third-order valence-electron chi connectivity index (χ3n) is 3.67. The molecule has 0 N–H and O–H groups in total. The molecule has 1 fully saturated rings. The normalized spacial score (nSPS) is 16.6. The Bertz CT molecular complexity index is 638. The van der Waals surface area contributed by atoms with Gasteiger partial charge >= 0.3 is 0 Å². The largest absolute Gasteiger partial charge is 0.299 e. The van der Waals surface area contributed by atoms with Gasteiger partial charge in [-0.25, -0.2) is 9.97 Å². The predicted molar refractivity (Wildman–Crippen MR) is 78.7 cm³/mol. The molecule has 2 heterocycles. The summed E-state index contributed by atoms with van der Waals surface area (Å²) in [6.07, 6.45) is 2.56. The number of aromatic nitrogens is 2. The first-order valence-electron chi connectivity index (χ1n) is 6.40. The number of thiazole rings is 2. The Balaban J connectivity index is 1.80. The second kappa shape index (κ2) is 4.49. The van der Waals surface area contributed by atoms with Crippen LogP contribution in [0, 0.1) is 19.3 Å². The lowest BCUT2D eigenvalue weighted by atomic mass is 10.0. The Labute approximate surface area is 120 Å². The van der Waals surface area contributed by atoms with E-state index >= 15 is 0 Å². The first-order chi connectivity index (χ1) is 8.98. The number of rotatable bonds is 4. The smallest absolute Gasteiger partial charge is 0.145 e. The zero-order chi connectivity index (χ0) is 13.6. The summed E-state index contributed by atoms with van der Waals surface area (Å²) in [7, 11) is 0. The quantitative estimate of drug-likeness (QED) is 0.861. The molecule has 2 aromatic rings. The molecule has 1 saturated carbocycles. The van der Waals surface area contributed by atoms with E-state index in [9.17, 15) is 4.79 Å². The minimum absolute atomic E-state index is 0.0528. The summed E-state index contributed by atoms with van der Waals surface area (Å²) in [5.74, 6) is 0.339. The van der Waals surface area contributed by atoms with Crippen LogP contribution >= 0.6 is 22.7 Å². The summed E-state index contributed by atoms with van der Waals surface area (Å²) in [6, 6.07) is 0. The number of carbonyl (C=O) groups excluding carboxylic acids is 1. The average molecular weight is 292 g/mol. The van der Waals surface area contributed by atoms with Gasteiger partial charge < -0.3 is 0 Å². The zero-order valence-electron chi connectivity index (χ0n) is 11.3. The van der Waals surface area contributed by atoms with Crippen LogP contribution < -0.4 is 0 Å². The van der Waals surface area contributed by atoms with Gasteiger partial charge in [0.1, 0.15) is 10.8 Å². The van der Waals surface area contributed by atoms with Gasteiger partial charge in [-0.1, -0.05) is 6.92 Å². The van der Waals surface area contributed by atoms with E-state index in [0.29, 0.717) is 12.2 Å². The van der Waals surface area contributed by atoms with Crippen molar-refractivity contribution in [3.63, 3.8) is 0 Å². The molecule has 3 nitrogen and oxygen atoms in total. The number of ketones is 1. The number of carbonyl (C=O) groups is 1. The first kappa shape index (κ1) is 12.9. The van der Waals surface area contributed by atoms with Gasteiger partial charge in [0, 0.05) is 10.8 Å². The molecule has 0 spiro atoms. The van der Waals surface area contributed by atoms with Crippen molar-refractivity contribution in [1.29, 1.82) is 0 Å². The van der Waals surface area contributed by atoms with E-state index in [2.05, 4.69) is 16.9 Å². The molecule has 1 aliphatic carbocycles. The molecule has 0 aliphatic heterocycles. The second-order valence-electron chi connectivity index (χ2n) is 5.43. The standard InChI is InChI=1S/C14H16N2OS2/c1-8-13(19-9(2)15-8)10-7-18-12(16-10)6-11(17)14(3)4-5-14/h7H,4-6H2,1-3H3. The Morgan fingerprint density at radius 3 is 2.68 bits per heavy atom. The van der Waals surface area contributed by atoms with Crippen LogP contribution in [-0.2, 0) is 11.2 Å². The average Bonchev–Trinajstić information content (AvgIpc) is 2.80. The molecule has 0 atom stereocenters. The maximum absolute atomic E-state index is 12.1. The second-order valence-corrected chi connectivity index (χ2v) is 7.58. The third-order valence-corrected chi connectivity index (χ3v) is 5.62. The van der Waals surface area contributed by atoms with Gasteiger partial charge in [0.2, 0.25) is 0 Å². The lowest BCUT2D eigenvalue weighted by Gasteiger charge is -2.03. The van der Waals surface area contributed by atoms with E-state index in [4.69, 9.17) is 0 Å². The van der Waals surface area contributed by atoms with E-state index in [-0.39, 0.29) is 5.41 Å². The van der Waals surface area contributed by atoms with Crippen molar-refractivity contribution >= 4 is 28.5 Å². The minimum atomic E-state index is -0.0528. The fraction of sp³-hybridized carbons (Fsp3) is 0.500. The van der Waals surface area contributed by atoms with Gasteiger partial charge in [0.25, 0.3) is 0 Å². The van der Waals surface area contributed by atoms with Crippen LogP contribution in [0.2, 0.25) is 0 Å². The van der Waals surface area contributed by atoms with E-state index in [0.717, 1.165) is 39.1 Å². The number of hydrogen-bond acceptors (Lipinski definition) is 5. The van der Waals surface area contributed by atoms with Crippen molar-refractivity contribution in [3.05, 3.63) is 21.1 Å². The monoisotopic (exact) mass is 292 g/mol. The van der Waals surface area contributed by atoms with Crippen LogP contribution in [-0.4, -0.2) is 15.8 Å². The number of Topliss-reactive ketones (excluding diaryl/α,β-unsaturated/α-hetero) is 1. The van der Waals surface area contributed by atoms with E-state index in [1.165, 1.54) is 0 Å². The molecule has 1 aliphatic rings. The van der Waals surface area contributed by atoms with Gasteiger partial charge in [-0.3, -0.25) is 4.79 Å². The third kappa shape index (κ3) is 2.49. The van der Waals surface area contributed by atoms with Crippen LogP contribution in [0.5, 0.6) is 0 Å². The highest BCUT2D eigenvalue weighted by Gasteiger charge is 2.44. The summed E-state index contributed by atoms with van der Waals surface area (Å²) in [4.78, 5) is 22.2. The molecule has 0 amide bonds. The molecule has 3 rings (SSSR count). The van der Waals surface area contributed by atoms with E-state index in [1.807, 2.05) is 19.2 Å². The molecule has 5 heteroatoms. The van der Waals surface area contributed by atoms with Crippen LogP contribution in [0.15, 0.2) is 5.38 Å². The van der Waals surface area contributed by atoms with Crippen molar-refractivity contribution in [2.45, 2.75) is 40.0 Å². The minimum Gasteiger partial charge on any atom is -0.299 e. The molecule has 2 aromatic heterocycles. The van der Waals surface area contributed by atoms with Gasteiger partial charge in [0.15, 0.2) is 0 Å². The Hall–Kier alpha value is -1.07. The van der Waals surface area contributed by atoms with Gasteiger partial charge in [-0.15, -0.1) is 22.7 Å². The van der Waals surface area contributed by atoms with Crippen LogP contribution in [0.1, 0.15) is 35.5 Å². The molecular weight excluding hydrogens is 276 g/mol. The fourth-order valence-electron chi connectivity index (χ4n) is 2.08. The maximum atomic E-state index is 12.1. The summed E-state index contributed by atoms with van der Waals surface area (Å²) in [5.41, 5.74) is 1.94. The summed E-state index contributed by atoms with van der Waals surface area (Å²) in [6.45, 7) is 6.07. The highest BCUT2D eigenvalue weighted by atomic mass is 32.1. The topological polar surface area (TPSA) is 42.9 Å². The maximum Gasteiger partial charge on any atom is 0.145 e. The van der Waals surface area contributed by atoms with Crippen LogP contribution in [0.3, 0.4) is 0 Å². The molecule has 0 saturated heterocycles. The molecule has 100 valence electrons. The van der Waals surface area contributed by atoms with Crippen LogP contribution in [0.4, 0.5) is 0 Å². The summed E-state index contributed by atoms with van der Waals surface area (Å²) < 4.78 is 0. The molecule has 0 unspecified atom stereocenters. The van der Waals surface area contributed by atoms with Crippen molar-refractivity contribution in [2.75, 3.05) is 0 Å². The lowest BCUT2D eigenvalue weighted by Crippen LogP contribution is -2.14. The fourth-order valence-corrected chi connectivity index (χ4v) is 3.82. The Morgan fingerprint density at radius 1 is 1.37 bits per heavy atom. The summed E-state index contributed by atoms with van der Waals surface area (Å²) >= 11 is 3.25. The molecule has 0 aromatic carbocycles. The molecule has 0 bridgehead atoms. The number of nitrogens with zero attached hydrogens (tertiary/aromatic N) is 2. The highest BCUT2D eigenvalue weighted by molar-refractivity contribution is 7.16. The van der Waals surface area contributed by atoms with Gasteiger partial charge in [-0.2, -0.15) is 0 Å². The highest BCUT2D eigenvalue weighted by Crippen LogP contribution is 2.46.